The Morgan fingerprint density at radius 3 is 3.11 bits per heavy atom. The maximum atomic E-state index is 5.92. The largest absolute Gasteiger partial charge is 0.372 e. The fourth-order valence-corrected chi connectivity index (χ4v) is 2.55. The number of rotatable bonds is 6. The van der Waals surface area contributed by atoms with Gasteiger partial charge in [-0.1, -0.05) is 13.8 Å². The van der Waals surface area contributed by atoms with E-state index >= 15 is 0 Å². The molecule has 1 aromatic rings. The Labute approximate surface area is 110 Å². The summed E-state index contributed by atoms with van der Waals surface area (Å²) >= 11 is 0. The molecule has 1 N–H and O–H groups in total. The molecule has 1 aliphatic rings. The van der Waals surface area contributed by atoms with Crippen molar-refractivity contribution in [3.63, 3.8) is 0 Å². The van der Waals surface area contributed by atoms with Gasteiger partial charge in [0.1, 0.15) is 6.10 Å². The van der Waals surface area contributed by atoms with E-state index in [1.54, 1.807) is 0 Å². The van der Waals surface area contributed by atoms with Crippen LogP contribution in [0, 0.1) is 0 Å². The quantitative estimate of drug-likeness (QED) is 0.844. The molecule has 0 amide bonds. The Balaban J connectivity index is 1.97. The van der Waals surface area contributed by atoms with Crippen LogP contribution in [-0.4, -0.2) is 29.0 Å². The lowest BCUT2D eigenvalue weighted by Crippen LogP contribution is -2.37. The molecule has 1 aliphatic heterocycles. The van der Waals surface area contributed by atoms with Gasteiger partial charge in [-0.3, -0.25) is 4.68 Å². The number of hydrogen-bond donors (Lipinski definition) is 1. The van der Waals surface area contributed by atoms with Gasteiger partial charge in [-0.05, 0) is 38.3 Å². The third-order valence-corrected chi connectivity index (χ3v) is 3.48. The molecule has 0 radical (unpaired) electrons. The predicted octanol–water partition coefficient (Wildman–Crippen LogP) is 2.51. The van der Waals surface area contributed by atoms with Crippen LogP contribution in [0.3, 0.4) is 0 Å². The summed E-state index contributed by atoms with van der Waals surface area (Å²) in [6.07, 6.45) is 6.59. The van der Waals surface area contributed by atoms with Crippen molar-refractivity contribution in [3.8, 4) is 0 Å². The van der Waals surface area contributed by atoms with E-state index in [1.165, 1.54) is 12.1 Å². The van der Waals surface area contributed by atoms with Gasteiger partial charge < -0.3 is 10.1 Å². The van der Waals surface area contributed by atoms with E-state index in [4.69, 9.17) is 4.74 Å². The second kappa shape index (κ2) is 6.90. The lowest BCUT2D eigenvalue weighted by molar-refractivity contribution is -0.00475. The number of ether oxygens (including phenoxy) is 1. The van der Waals surface area contributed by atoms with Crippen molar-refractivity contribution < 1.29 is 4.74 Å². The molecule has 0 aromatic carbocycles. The van der Waals surface area contributed by atoms with Crippen LogP contribution in [-0.2, 0) is 11.3 Å². The van der Waals surface area contributed by atoms with Crippen LogP contribution in [0.5, 0.6) is 0 Å². The van der Waals surface area contributed by atoms with E-state index in [1.807, 2.05) is 6.20 Å². The van der Waals surface area contributed by atoms with Crippen LogP contribution in [0.1, 0.15) is 51.3 Å². The number of nitrogens with one attached hydrogen (secondary N) is 1. The maximum Gasteiger partial charge on any atom is 0.101 e. The number of nitrogens with zero attached hydrogens (tertiary/aromatic N) is 2. The summed E-state index contributed by atoms with van der Waals surface area (Å²) in [5, 5.41) is 7.99. The summed E-state index contributed by atoms with van der Waals surface area (Å²) in [6.45, 7) is 7.32. The SMILES string of the molecule is CCCNC1CCOC(c2ccnn2CCC)C1. The lowest BCUT2D eigenvalue weighted by atomic mass is 10.0. The highest BCUT2D eigenvalue weighted by Gasteiger charge is 2.25. The molecule has 2 atom stereocenters. The molecule has 0 spiro atoms. The fraction of sp³-hybridized carbons (Fsp3) is 0.786. The van der Waals surface area contributed by atoms with Crippen LogP contribution in [0.15, 0.2) is 12.3 Å². The minimum Gasteiger partial charge on any atom is -0.372 e. The van der Waals surface area contributed by atoms with Gasteiger partial charge in [0.25, 0.3) is 0 Å². The van der Waals surface area contributed by atoms with Gasteiger partial charge in [0.15, 0.2) is 0 Å². The van der Waals surface area contributed by atoms with Gasteiger partial charge in [0.2, 0.25) is 0 Å². The zero-order valence-corrected chi connectivity index (χ0v) is 11.6. The van der Waals surface area contributed by atoms with Crippen molar-refractivity contribution in [2.24, 2.45) is 0 Å². The maximum absolute atomic E-state index is 5.92. The first-order chi connectivity index (χ1) is 8.85. The minimum absolute atomic E-state index is 0.210. The molecule has 2 heterocycles. The molecule has 4 nitrogen and oxygen atoms in total. The van der Waals surface area contributed by atoms with Gasteiger partial charge in [-0.25, -0.2) is 0 Å². The molecule has 0 saturated carbocycles. The lowest BCUT2D eigenvalue weighted by Gasteiger charge is -2.30. The van der Waals surface area contributed by atoms with E-state index in [9.17, 15) is 0 Å². The van der Waals surface area contributed by atoms with Gasteiger partial charge >= 0.3 is 0 Å². The highest BCUT2D eigenvalue weighted by atomic mass is 16.5. The standard InChI is InChI=1S/C14H25N3O/c1-3-7-15-12-6-10-18-14(11-12)13-5-8-16-17(13)9-4-2/h5,8,12,14-15H,3-4,6-7,9-11H2,1-2H3. The van der Waals surface area contributed by atoms with E-state index in [2.05, 4.69) is 35.0 Å². The summed E-state index contributed by atoms with van der Waals surface area (Å²) in [5.41, 5.74) is 1.24. The van der Waals surface area contributed by atoms with Crippen LogP contribution >= 0.6 is 0 Å². The van der Waals surface area contributed by atoms with Crippen LogP contribution < -0.4 is 5.32 Å². The van der Waals surface area contributed by atoms with Crippen molar-refractivity contribution in [2.75, 3.05) is 13.2 Å². The van der Waals surface area contributed by atoms with Gasteiger partial charge in [-0.2, -0.15) is 5.10 Å². The molecule has 1 aromatic heterocycles. The molecule has 1 fully saturated rings. The van der Waals surface area contributed by atoms with Gasteiger partial charge in [0, 0.05) is 25.4 Å². The Morgan fingerprint density at radius 1 is 1.44 bits per heavy atom. The van der Waals surface area contributed by atoms with Gasteiger partial charge in [0.05, 0.1) is 5.69 Å². The third-order valence-electron chi connectivity index (χ3n) is 3.48. The Morgan fingerprint density at radius 2 is 2.33 bits per heavy atom. The molecule has 102 valence electrons. The number of hydrogen-bond acceptors (Lipinski definition) is 3. The molecule has 1 saturated heterocycles. The average Bonchev–Trinajstić information content (AvgIpc) is 2.85. The third kappa shape index (κ3) is 3.33. The first-order valence-electron chi connectivity index (χ1n) is 7.21. The van der Waals surface area contributed by atoms with E-state index in [0.29, 0.717) is 6.04 Å². The van der Waals surface area contributed by atoms with Crippen molar-refractivity contribution >= 4 is 0 Å². The van der Waals surface area contributed by atoms with E-state index in [-0.39, 0.29) is 6.10 Å². The highest BCUT2D eigenvalue weighted by molar-refractivity contribution is 5.06. The molecule has 2 unspecified atom stereocenters. The van der Waals surface area contributed by atoms with Crippen LogP contribution in [0.4, 0.5) is 0 Å². The molecule has 4 heteroatoms. The van der Waals surface area contributed by atoms with Crippen molar-refractivity contribution in [2.45, 2.75) is 58.2 Å². The molecule has 2 rings (SSSR count). The summed E-state index contributed by atoms with van der Waals surface area (Å²) in [5.74, 6) is 0. The smallest absolute Gasteiger partial charge is 0.101 e. The van der Waals surface area contributed by atoms with Crippen molar-refractivity contribution in [3.05, 3.63) is 18.0 Å². The topological polar surface area (TPSA) is 39.1 Å². The second-order valence-corrected chi connectivity index (χ2v) is 5.01. The normalized spacial score (nSPS) is 24.3. The summed E-state index contributed by atoms with van der Waals surface area (Å²) < 4.78 is 8.01. The first-order valence-corrected chi connectivity index (χ1v) is 7.21. The summed E-state index contributed by atoms with van der Waals surface area (Å²) in [4.78, 5) is 0. The van der Waals surface area contributed by atoms with E-state index in [0.717, 1.165) is 39.0 Å². The van der Waals surface area contributed by atoms with E-state index < -0.39 is 0 Å². The molecule has 0 aliphatic carbocycles. The number of aryl methyl sites for hydroxylation is 1. The minimum atomic E-state index is 0.210. The molecule has 0 bridgehead atoms. The molecular weight excluding hydrogens is 226 g/mol. The van der Waals surface area contributed by atoms with Crippen molar-refractivity contribution in [1.82, 2.24) is 15.1 Å². The highest BCUT2D eigenvalue weighted by Crippen LogP contribution is 2.28. The average molecular weight is 251 g/mol. The summed E-state index contributed by atoms with van der Waals surface area (Å²) in [7, 11) is 0. The van der Waals surface area contributed by atoms with Crippen LogP contribution in [0.25, 0.3) is 0 Å². The first kappa shape index (κ1) is 13.6. The fourth-order valence-electron chi connectivity index (χ4n) is 2.55. The summed E-state index contributed by atoms with van der Waals surface area (Å²) in [6, 6.07) is 2.69. The zero-order valence-electron chi connectivity index (χ0n) is 11.6. The predicted molar refractivity (Wildman–Crippen MR) is 72.5 cm³/mol. The monoisotopic (exact) mass is 251 g/mol. The zero-order chi connectivity index (χ0) is 12.8. The Hall–Kier alpha value is -0.870. The van der Waals surface area contributed by atoms with Crippen LogP contribution in [0.2, 0.25) is 0 Å². The molecular formula is C14H25N3O. The number of aromatic nitrogens is 2. The Kier molecular flexibility index (Phi) is 5.20. The molecule has 18 heavy (non-hydrogen) atoms. The Bertz CT molecular complexity index is 351. The van der Waals surface area contributed by atoms with Gasteiger partial charge in [-0.15, -0.1) is 0 Å². The second-order valence-electron chi connectivity index (χ2n) is 5.01. The van der Waals surface area contributed by atoms with Crippen molar-refractivity contribution in [1.29, 1.82) is 0 Å².